The van der Waals surface area contributed by atoms with E-state index in [0.29, 0.717) is 6.61 Å². The number of hydrogen-bond acceptors (Lipinski definition) is 2. The molecule has 0 radical (unpaired) electrons. The lowest BCUT2D eigenvalue weighted by atomic mass is 9.78. The van der Waals surface area contributed by atoms with Gasteiger partial charge in [-0.3, -0.25) is 4.79 Å². The normalized spacial score (nSPS) is 17.5. The maximum Gasteiger partial charge on any atom is 0.233 e. The maximum atomic E-state index is 13.4. The molecule has 1 amide bonds. The van der Waals surface area contributed by atoms with Crippen LogP contribution in [0.2, 0.25) is 0 Å². The smallest absolute Gasteiger partial charge is 0.233 e. The highest BCUT2D eigenvalue weighted by molar-refractivity contribution is 9.10. The van der Waals surface area contributed by atoms with Gasteiger partial charge < -0.3 is 9.64 Å². The lowest BCUT2D eigenvalue weighted by Crippen LogP contribution is -2.55. The highest BCUT2D eigenvalue weighted by atomic mass is 79.9. The van der Waals surface area contributed by atoms with Crippen molar-refractivity contribution in [3.63, 3.8) is 0 Å². The van der Waals surface area contributed by atoms with Gasteiger partial charge in [-0.2, -0.15) is 0 Å². The number of amides is 1. The molecule has 0 N–H and O–H groups in total. The van der Waals surface area contributed by atoms with Gasteiger partial charge in [-0.15, -0.1) is 0 Å². The first-order valence-electron chi connectivity index (χ1n) is 12.0. The van der Waals surface area contributed by atoms with Gasteiger partial charge in [0.25, 0.3) is 0 Å². The molecule has 1 heterocycles. The number of carbonyl (C=O) groups excluding carboxylic acids is 1. The van der Waals surface area contributed by atoms with Crippen molar-refractivity contribution in [1.82, 2.24) is 0 Å². The second kappa shape index (κ2) is 11.2. The van der Waals surface area contributed by atoms with Crippen molar-refractivity contribution in [3.8, 4) is 5.75 Å². The topological polar surface area (TPSA) is 29.5 Å². The zero-order valence-corrected chi connectivity index (χ0v) is 21.4. The molecule has 0 saturated carbocycles. The van der Waals surface area contributed by atoms with Gasteiger partial charge in [-0.25, -0.2) is 4.39 Å². The van der Waals surface area contributed by atoms with E-state index in [9.17, 15) is 9.18 Å². The first-order chi connectivity index (χ1) is 16.5. The van der Waals surface area contributed by atoms with Crippen LogP contribution in [-0.2, 0) is 11.2 Å². The molecule has 0 spiro atoms. The highest BCUT2D eigenvalue weighted by Crippen LogP contribution is 2.48. The van der Waals surface area contributed by atoms with Crippen LogP contribution >= 0.6 is 15.9 Å². The van der Waals surface area contributed by atoms with Crippen LogP contribution in [0.25, 0.3) is 0 Å². The second-order valence-corrected chi connectivity index (χ2v) is 9.91. The van der Waals surface area contributed by atoms with Gasteiger partial charge >= 0.3 is 0 Å². The summed E-state index contributed by atoms with van der Waals surface area (Å²) in [5.74, 6) is 0.644. The molecule has 1 saturated heterocycles. The third-order valence-corrected chi connectivity index (χ3v) is 6.96. The Balaban J connectivity index is 1.59. The van der Waals surface area contributed by atoms with Crippen LogP contribution < -0.4 is 9.64 Å². The molecule has 0 unspecified atom stereocenters. The number of anilines is 1. The van der Waals surface area contributed by atoms with Gasteiger partial charge in [0.15, 0.2) is 0 Å². The van der Waals surface area contributed by atoms with E-state index in [4.69, 9.17) is 4.74 Å². The monoisotopic (exact) mass is 523 g/mol. The predicted molar refractivity (Wildman–Crippen MR) is 139 cm³/mol. The van der Waals surface area contributed by atoms with Crippen molar-refractivity contribution in [2.24, 2.45) is 5.92 Å². The Bertz CT molecular complexity index is 1110. The number of rotatable bonds is 10. The molecular formula is C29H31BrFNO2. The molecule has 3 aromatic carbocycles. The minimum Gasteiger partial charge on any atom is -0.493 e. The van der Waals surface area contributed by atoms with Gasteiger partial charge in [-0.1, -0.05) is 65.2 Å². The average molecular weight is 524 g/mol. The number of ether oxygens (including phenoxy) is 1. The molecule has 1 aliphatic rings. The lowest BCUT2D eigenvalue weighted by Gasteiger charge is -2.48. The average Bonchev–Trinajstić information content (AvgIpc) is 2.83. The second-order valence-electron chi connectivity index (χ2n) is 9.00. The molecule has 2 atom stereocenters. The van der Waals surface area contributed by atoms with Crippen LogP contribution in [0.1, 0.15) is 55.3 Å². The number of halogens is 2. The Morgan fingerprint density at radius 3 is 2.44 bits per heavy atom. The zero-order chi connectivity index (χ0) is 24.1. The van der Waals surface area contributed by atoms with E-state index >= 15 is 0 Å². The number of unbranched alkanes of at least 4 members (excludes halogenated alkanes) is 1. The van der Waals surface area contributed by atoms with Gasteiger partial charge in [0.1, 0.15) is 11.6 Å². The number of aryl methyl sites for hydroxylation is 2. The number of β-lactam (4-membered cyclic amide) rings is 1. The van der Waals surface area contributed by atoms with Crippen molar-refractivity contribution >= 4 is 27.5 Å². The van der Waals surface area contributed by atoms with Gasteiger partial charge in [0, 0.05) is 15.7 Å². The van der Waals surface area contributed by atoms with Crippen LogP contribution in [-0.4, -0.2) is 12.5 Å². The van der Waals surface area contributed by atoms with E-state index in [2.05, 4.69) is 28.9 Å². The zero-order valence-electron chi connectivity index (χ0n) is 19.8. The van der Waals surface area contributed by atoms with Gasteiger partial charge in [-0.05, 0) is 74.6 Å². The highest BCUT2D eigenvalue weighted by Gasteiger charge is 2.49. The van der Waals surface area contributed by atoms with E-state index in [-0.39, 0.29) is 23.7 Å². The van der Waals surface area contributed by atoms with Crippen LogP contribution in [0.4, 0.5) is 10.1 Å². The van der Waals surface area contributed by atoms with Gasteiger partial charge in [0.05, 0.1) is 18.6 Å². The van der Waals surface area contributed by atoms with E-state index in [0.717, 1.165) is 64.7 Å². The Labute approximate surface area is 210 Å². The minimum absolute atomic E-state index is 0.0758. The van der Waals surface area contributed by atoms with Crippen LogP contribution in [0.3, 0.4) is 0 Å². The van der Waals surface area contributed by atoms with Crippen molar-refractivity contribution in [3.05, 3.63) is 93.7 Å². The van der Waals surface area contributed by atoms with Crippen molar-refractivity contribution in [1.29, 1.82) is 0 Å². The fraction of sp³-hybridized carbons (Fsp3) is 0.345. The van der Waals surface area contributed by atoms with E-state index < -0.39 is 0 Å². The molecule has 1 aliphatic heterocycles. The lowest BCUT2D eigenvalue weighted by molar-refractivity contribution is -0.130. The summed E-state index contributed by atoms with van der Waals surface area (Å²) in [6.07, 6.45) is 4.50. The fourth-order valence-corrected chi connectivity index (χ4v) is 4.90. The number of nitrogens with zero attached hydrogens (tertiary/aromatic N) is 1. The summed E-state index contributed by atoms with van der Waals surface area (Å²) < 4.78 is 20.4. The molecule has 34 heavy (non-hydrogen) atoms. The SMILES string of the molecule is CCCCOc1cc(Br)ccc1[C@@H]1[C@@H](CCCc2ccc(F)cc2)C(=O)N1c1ccc(C)cc1. The molecule has 5 heteroatoms. The Morgan fingerprint density at radius 1 is 1.00 bits per heavy atom. The van der Waals surface area contributed by atoms with Crippen LogP contribution in [0.15, 0.2) is 71.2 Å². The molecule has 1 fully saturated rings. The Kier molecular flexibility index (Phi) is 8.04. The number of carbonyl (C=O) groups is 1. The molecule has 0 bridgehead atoms. The predicted octanol–water partition coefficient (Wildman–Crippen LogP) is 7.80. The van der Waals surface area contributed by atoms with Crippen molar-refractivity contribution < 1.29 is 13.9 Å². The van der Waals surface area contributed by atoms with E-state index in [1.807, 2.05) is 60.4 Å². The summed E-state index contributed by atoms with van der Waals surface area (Å²) in [5.41, 5.74) is 4.22. The first-order valence-corrected chi connectivity index (χ1v) is 12.8. The minimum atomic E-state index is -0.224. The summed E-state index contributed by atoms with van der Waals surface area (Å²) in [6.45, 7) is 4.85. The third-order valence-electron chi connectivity index (χ3n) is 6.47. The molecular weight excluding hydrogens is 493 g/mol. The molecule has 3 aromatic rings. The number of benzene rings is 3. The van der Waals surface area contributed by atoms with Crippen molar-refractivity contribution in [2.75, 3.05) is 11.5 Å². The Hall–Kier alpha value is -2.66. The Morgan fingerprint density at radius 2 is 1.74 bits per heavy atom. The van der Waals surface area contributed by atoms with Crippen LogP contribution in [0, 0.1) is 18.7 Å². The summed E-state index contributed by atoms with van der Waals surface area (Å²) >= 11 is 3.57. The van der Waals surface area contributed by atoms with E-state index in [1.165, 1.54) is 12.1 Å². The molecule has 4 rings (SSSR count). The largest absolute Gasteiger partial charge is 0.493 e. The molecule has 3 nitrogen and oxygen atoms in total. The fourth-order valence-electron chi connectivity index (χ4n) is 4.56. The summed E-state index contributed by atoms with van der Waals surface area (Å²) in [4.78, 5) is 15.3. The van der Waals surface area contributed by atoms with Gasteiger partial charge in [0.2, 0.25) is 5.91 Å². The van der Waals surface area contributed by atoms with Crippen LogP contribution in [0.5, 0.6) is 5.75 Å². The molecule has 178 valence electrons. The molecule has 0 aromatic heterocycles. The summed E-state index contributed by atoms with van der Waals surface area (Å²) in [6, 6.07) is 20.8. The standard InChI is InChI=1S/C29H31BrFNO2/c1-3-4-18-34-27-19-22(30)12-17-25(27)28-26(7-5-6-21-10-13-23(31)14-11-21)29(33)32(28)24-15-8-20(2)9-16-24/h8-17,19,26,28H,3-7,18H2,1-2H3/t26-,28-/m1/s1. The number of hydrogen-bond donors (Lipinski definition) is 0. The third kappa shape index (κ3) is 5.52. The maximum absolute atomic E-state index is 13.4. The first kappa shape index (κ1) is 24.5. The summed E-state index contributed by atoms with van der Waals surface area (Å²) in [5, 5.41) is 0. The van der Waals surface area contributed by atoms with Crippen molar-refractivity contribution in [2.45, 2.75) is 52.0 Å². The summed E-state index contributed by atoms with van der Waals surface area (Å²) in [7, 11) is 0. The molecule has 0 aliphatic carbocycles. The quantitative estimate of drug-likeness (QED) is 0.200. The van der Waals surface area contributed by atoms with E-state index in [1.54, 1.807) is 0 Å².